The van der Waals surface area contributed by atoms with Crippen molar-refractivity contribution >= 4 is 12.4 Å². The molecule has 1 heterocycles. The van der Waals surface area contributed by atoms with E-state index in [0.717, 1.165) is 12.1 Å². The van der Waals surface area contributed by atoms with Gasteiger partial charge in [0.05, 0.1) is 0 Å². The fourth-order valence-electron chi connectivity index (χ4n) is 0.746. The summed E-state index contributed by atoms with van der Waals surface area (Å²) in [5, 5.41) is 0. The molecular formula is C7H9ClF2N2. The summed E-state index contributed by atoms with van der Waals surface area (Å²) in [6, 6.07) is 1.86. The molecule has 0 aromatic carbocycles. The van der Waals surface area contributed by atoms with Crippen LogP contribution < -0.4 is 5.73 Å². The van der Waals surface area contributed by atoms with Crippen molar-refractivity contribution < 1.29 is 8.78 Å². The minimum Gasteiger partial charge on any atom is -0.324 e. The summed E-state index contributed by atoms with van der Waals surface area (Å²) in [4.78, 5) is 2.93. The molecule has 5 heteroatoms. The Labute approximate surface area is 75.2 Å². The van der Waals surface area contributed by atoms with Gasteiger partial charge in [0, 0.05) is 6.04 Å². The first-order chi connectivity index (χ1) is 5.09. The molecule has 0 aliphatic rings. The molecule has 0 spiro atoms. The van der Waals surface area contributed by atoms with Crippen LogP contribution in [0.5, 0.6) is 0 Å². The van der Waals surface area contributed by atoms with E-state index in [0.29, 0.717) is 5.56 Å². The lowest BCUT2D eigenvalue weighted by Gasteiger charge is -2.03. The van der Waals surface area contributed by atoms with Crippen LogP contribution >= 0.6 is 12.4 Å². The Morgan fingerprint density at radius 1 is 1.33 bits per heavy atom. The maximum atomic E-state index is 12.4. The van der Waals surface area contributed by atoms with Crippen LogP contribution in [-0.4, -0.2) is 4.98 Å². The molecule has 2 N–H and O–H groups in total. The number of rotatable bonds is 1. The van der Waals surface area contributed by atoms with Gasteiger partial charge in [0.1, 0.15) is 0 Å². The third-order valence-electron chi connectivity index (χ3n) is 1.31. The summed E-state index contributed by atoms with van der Waals surface area (Å²) >= 11 is 0. The van der Waals surface area contributed by atoms with Gasteiger partial charge < -0.3 is 5.73 Å². The van der Waals surface area contributed by atoms with Crippen LogP contribution in [0.25, 0.3) is 0 Å². The lowest BCUT2D eigenvalue weighted by atomic mass is 10.1. The van der Waals surface area contributed by atoms with Crippen molar-refractivity contribution in [2.24, 2.45) is 5.73 Å². The van der Waals surface area contributed by atoms with Crippen molar-refractivity contribution in [1.82, 2.24) is 4.98 Å². The van der Waals surface area contributed by atoms with Gasteiger partial charge in [0.15, 0.2) is 0 Å². The molecule has 0 aliphatic carbocycles. The number of aromatic nitrogens is 1. The van der Waals surface area contributed by atoms with E-state index in [2.05, 4.69) is 4.98 Å². The van der Waals surface area contributed by atoms with Gasteiger partial charge in [0.25, 0.3) is 0 Å². The summed E-state index contributed by atoms with van der Waals surface area (Å²) < 4.78 is 24.8. The van der Waals surface area contributed by atoms with E-state index in [1.165, 1.54) is 0 Å². The minimum absolute atomic E-state index is 0. The highest BCUT2D eigenvalue weighted by atomic mass is 35.5. The summed E-state index contributed by atoms with van der Waals surface area (Å²) in [6.07, 6.45) is 0. The van der Waals surface area contributed by atoms with Gasteiger partial charge >= 0.3 is 0 Å². The van der Waals surface area contributed by atoms with Crippen LogP contribution in [0.15, 0.2) is 12.1 Å². The zero-order valence-corrected chi connectivity index (χ0v) is 7.24. The van der Waals surface area contributed by atoms with Crippen LogP contribution in [-0.2, 0) is 0 Å². The van der Waals surface area contributed by atoms with Crippen LogP contribution in [0.4, 0.5) is 8.78 Å². The number of halogens is 3. The van der Waals surface area contributed by atoms with Crippen LogP contribution in [0.2, 0.25) is 0 Å². The molecule has 0 fully saturated rings. The Morgan fingerprint density at radius 3 is 2.08 bits per heavy atom. The second-order valence-corrected chi connectivity index (χ2v) is 2.33. The molecule has 0 bridgehead atoms. The normalized spacial score (nSPS) is 12.0. The maximum absolute atomic E-state index is 12.4. The second kappa shape index (κ2) is 4.33. The monoisotopic (exact) mass is 194 g/mol. The second-order valence-electron chi connectivity index (χ2n) is 2.33. The van der Waals surface area contributed by atoms with Gasteiger partial charge in [-0.05, 0) is 24.6 Å². The van der Waals surface area contributed by atoms with Crippen molar-refractivity contribution in [2.75, 3.05) is 0 Å². The number of pyridine rings is 1. The van der Waals surface area contributed by atoms with E-state index in [1.54, 1.807) is 6.92 Å². The molecule has 0 aliphatic heterocycles. The SMILES string of the molecule is CC(N)c1cc(F)nc(F)c1.Cl. The molecule has 1 atom stereocenters. The van der Waals surface area contributed by atoms with Gasteiger partial charge in [-0.15, -0.1) is 12.4 Å². The van der Waals surface area contributed by atoms with E-state index in [4.69, 9.17) is 5.73 Å². The summed E-state index contributed by atoms with van der Waals surface area (Å²) in [5.41, 5.74) is 5.80. The van der Waals surface area contributed by atoms with E-state index in [9.17, 15) is 8.78 Å². The third kappa shape index (κ3) is 2.71. The first-order valence-corrected chi connectivity index (χ1v) is 3.18. The molecular weight excluding hydrogens is 186 g/mol. The highest BCUT2D eigenvalue weighted by molar-refractivity contribution is 5.85. The summed E-state index contributed by atoms with van der Waals surface area (Å²) in [6.45, 7) is 1.65. The van der Waals surface area contributed by atoms with E-state index >= 15 is 0 Å². The van der Waals surface area contributed by atoms with Crippen molar-refractivity contribution in [2.45, 2.75) is 13.0 Å². The lowest BCUT2D eigenvalue weighted by molar-refractivity contribution is 0.507. The molecule has 0 radical (unpaired) electrons. The highest BCUT2D eigenvalue weighted by Gasteiger charge is 2.04. The first-order valence-electron chi connectivity index (χ1n) is 3.18. The largest absolute Gasteiger partial charge is 0.324 e. The predicted octanol–water partition coefficient (Wildman–Crippen LogP) is 1.80. The average molecular weight is 195 g/mol. The van der Waals surface area contributed by atoms with Crippen molar-refractivity contribution in [3.8, 4) is 0 Å². The average Bonchev–Trinajstić information content (AvgIpc) is 1.85. The molecule has 0 saturated carbocycles. The standard InChI is InChI=1S/C7H8F2N2.ClH/c1-4(10)5-2-6(8)11-7(9)3-5;/h2-4H,10H2,1H3;1H. The maximum Gasteiger partial charge on any atom is 0.215 e. The number of nitrogens with two attached hydrogens (primary N) is 1. The topological polar surface area (TPSA) is 38.9 Å². The zero-order valence-electron chi connectivity index (χ0n) is 6.42. The summed E-state index contributed by atoms with van der Waals surface area (Å²) in [7, 11) is 0. The Hall–Kier alpha value is -0.740. The van der Waals surface area contributed by atoms with E-state index < -0.39 is 11.9 Å². The van der Waals surface area contributed by atoms with Gasteiger partial charge in [-0.2, -0.15) is 13.8 Å². The highest BCUT2D eigenvalue weighted by Crippen LogP contribution is 2.10. The van der Waals surface area contributed by atoms with Crippen molar-refractivity contribution in [1.29, 1.82) is 0 Å². The predicted molar refractivity (Wildman–Crippen MR) is 44.0 cm³/mol. The molecule has 2 nitrogen and oxygen atoms in total. The van der Waals surface area contributed by atoms with Crippen molar-refractivity contribution in [3.05, 3.63) is 29.6 Å². The molecule has 0 saturated heterocycles. The first kappa shape index (κ1) is 11.3. The molecule has 1 aromatic rings. The van der Waals surface area contributed by atoms with E-state index in [1.807, 2.05) is 0 Å². The molecule has 0 amide bonds. The fourth-order valence-corrected chi connectivity index (χ4v) is 0.746. The Kier molecular flexibility index (Phi) is 4.06. The van der Waals surface area contributed by atoms with E-state index in [-0.39, 0.29) is 18.4 Å². The molecule has 12 heavy (non-hydrogen) atoms. The van der Waals surface area contributed by atoms with Gasteiger partial charge in [-0.25, -0.2) is 0 Å². The quantitative estimate of drug-likeness (QED) is 0.693. The number of nitrogens with zero attached hydrogens (tertiary/aromatic N) is 1. The molecule has 1 aromatic heterocycles. The molecule has 68 valence electrons. The number of hydrogen-bond acceptors (Lipinski definition) is 2. The fraction of sp³-hybridized carbons (Fsp3) is 0.286. The number of hydrogen-bond donors (Lipinski definition) is 1. The molecule has 1 unspecified atom stereocenters. The van der Waals surface area contributed by atoms with Crippen LogP contribution in [0.3, 0.4) is 0 Å². The van der Waals surface area contributed by atoms with Crippen molar-refractivity contribution in [3.63, 3.8) is 0 Å². The molecule has 1 rings (SSSR count). The van der Waals surface area contributed by atoms with Gasteiger partial charge in [-0.3, -0.25) is 0 Å². The zero-order chi connectivity index (χ0) is 8.43. The Bertz CT molecular complexity index is 245. The summed E-state index contributed by atoms with van der Waals surface area (Å²) in [5.74, 6) is -1.67. The van der Waals surface area contributed by atoms with Gasteiger partial charge in [0.2, 0.25) is 11.9 Å². The minimum atomic E-state index is -0.836. The van der Waals surface area contributed by atoms with Crippen LogP contribution in [0, 0.1) is 11.9 Å². The van der Waals surface area contributed by atoms with Crippen LogP contribution in [0.1, 0.15) is 18.5 Å². The Balaban J connectivity index is 0.00000121. The Morgan fingerprint density at radius 2 is 1.75 bits per heavy atom. The smallest absolute Gasteiger partial charge is 0.215 e. The lowest BCUT2D eigenvalue weighted by Crippen LogP contribution is -2.06. The third-order valence-corrected chi connectivity index (χ3v) is 1.31. The van der Waals surface area contributed by atoms with Gasteiger partial charge in [-0.1, -0.05) is 0 Å².